The van der Waals surface area contributed by atoms with Gasteiger partial charge in [0, 0.05) is 35.8 Å². The van der Waals surface area contributed by atoms with Crippen molar-refractivity contribution in [2.24, 2.45) is 5.92 Å². The van der Waals surface area contributed by atoms with E-state index < -0.39 is 22.5 Å². The third-order valence-electron chi connectivity index (χ3n) is 5.22. The van der Waals surface area contributed by atoms with Gasteiger partial charge in [0.15, 0.2) is 5.06 Å². The van der Waals surface area contributed by atoms with Crippen LogP contribution in [0.4, 0.5) is 4.39 Å². The highest BCUT2D eigenvalue weighted by atomic mass is 32.1. The Bertz CT molecular complexity index is 907. The molecule has 1 aliphatic carbocycles. The van der Waals surface area contributed by atoms with Gasteiger partial charge >= 0.3 is 5.97 Å². The molecule has 1 saturated carbocycles. The molecule has 0 saturated heterocycles. The van der Waals surface area contributed by atoms with Crippen LogP contribution in [-0.4, -0.2) is 28.2 Å². The fourth-order valence-electron chi connectivity index (χ4n) is 3.80. The van der Waals surface area contributed by atoms with E-state index in [1.807, 2.05) is 0 Å². The highest BCUT2D eigenvalue weighted by molar-refractivity contribution is 7.14. The monoisotopic (exact) mass is 390 g/mol. The molecule has 0 amide bonds. The molecular weight excluding hydrogens is 369 g/mol. The normalized spacial score (nSPS) is 22.8. The van der Waals surface area contributed by atoms with Crippen molar-refractivity contribution < 1.29 is 28.6 Å². The molecule has 0 spiro atoms. The Balaban J connectivity index is 1.69. The second-order valence-corrected chi connectivity index (χ2v) is 8.43. The predicted molar refractivity (Wildman–Crippen MR) is 96.8 cm³/mol. The van der Waals surface area contributed by atoms with Gasteiger partial charge in [0.2, 0.25) is 11.8 Å². The average molecular weight is 390 g/mol. The molecule has 2 atom stereocenters. The Morgan fingerprint density at radius 1 is 1.33 bits per heavy atom. The molecule has 4 rings (SSSR count). The molecule has 1 fully saturated rings. The van der Waals surface area contributed by atoms with Gasteiger partial charge in [-0.1, -0.05) is 12.1 Å². The van der Waals surface area contributed by atoms with Crippen LogP contribution in [0.5, 0.6) is 5.06 Å². The molecule has 2 aromatic rings. The van der Waals surface area contributed by atoms with E-state index in [1.165, 1.54) is 24.3 Å². The van der Waals surface area contributed by atoms with Gasteiger partial charge in [0.25, 0.3) is 0 Å². The summed E-state index contributed by atoms with van der Waals surface area (Å²) >= 11 is 1.38. The molecule has 0 radical (unpaired) electrons. The van der Waals surface area contributed by atoms with E-state index >= 15 is 0 Å². The molecule has 2 aliphatic rings. The number of hydroxylamine groups is 3. The van der Waals surface area contributed by atoms with E-state index in [0.29, 0.717) is 18.0 Å². The first kappa shape index (κ1) is 18.3. The number of Topliss-reactive ketones (excluding diaryl/α,β-unsaturated/α-hetero) is 1. The summed E-state index contributed by atoms with van der Waals surface area (Å²) in [6.07, 6.45) is 2.13. The molecule has 1 aromatic carbocycles. The second kappa shape index (κ2) is 6.82. The quantitative estimate of drug-likeness (QED) is 0.623. The Hall–Kier alpha value is -2.09. The van der Waals surface area contributed by atoms with Crippen LogP contribution in [0.15, 0.2) is 30.3 Å². The SMILES string of the molecule is CC(=O)Oc1cc2c(s1)CC[N+](O)(C(C(=O)C1CC1)c1ccccc1F)C2. The van der Waals surface area contributed by atoms with Crippen LogP contribution in [0.3, 0.4) is 0 Å². The zero-order valence-electron chi connectivity index (χ0n) is 15.0. The minimum atomic E-state index is -0.941. The van der Waals surface area contributed by atoms with Gasteiger partial charge in [-0.2, -0.15) is 4.65 Å². The number of hydrogen-bond acceptors (Lipinski definition) is 5. The van der Waals surface area contributed by atoms with Crippen LogP contribution in [0.2, 0.25) is 0 Å². The van der Waals surface area contributed by atoms with Crippen LogP contribution in [0, 0.1) is 11.7 Å². The number of quaternary nitrogens is 1. The number of esters is 1. The minimum absolute atomic E-state index is 0.0958. The Morgan fingerprint density at radius 3 is 2.74 bits per heavy atom. The zero-order valence-corrected chi connectivity index (χ0v) is 15.8. The van der Waals surface area contributed by atoms with Crippen LogP contribution in [-0.2, 0) is 22.6 Å². The van der Waals surface area contributed by atoms with Crippen molar-refractivity contribution in [3.63, 3.8) is 0 Å². The number of nitrogens with zero attached hydrogens (tertiary/aromatic N) is 1. The second-order valence-electron chi connectivity index (χ2n) is 7.33. The largest absolute Gasteiger partial charge is 0.416 e. The standard InChI is InChI=1S/C20H21FNO4S/c1-12(23)26-18-10-14-11-22(25,9-8-17(14)27-18)19(20(24)13-6-7-13)15-4-2-3-5-16(15)21/h2-5,10,13,19,25H,6-9,11H2,1H3/q+1. The number of hydrogen-bond donors (Lipinski definition) is 1. The molecule has 1 N–H and O–H groups in total. The van der Waals surface area contributed by atoms with Gasteiger partial charge in [-0.15, -0.1) is 11.3 Å². The van der Waals surface area contributed by atoms with Crippen molar-refractivity contribution in [1.82, 2.24) is 0 Å². The van der Waals surface area contributed by atoms with E-state index in [9.17, 15) is 19.2 Å². The first-order valence-electron chi connectivity index (χ1n) is 9.05. The van der Waals surface area contributed by atoms with Crippen molar-refractivity contribution in [1.29, 1.82) is 0 Å². The third kappa shape index (κ3) is 3.54. The van der Waals surface area contributed by atoms with Crippen LogP contribution < -0.4 is 4.74 Å². The number of rotatable bonds is 5. The summed E-state index contributed by atoms with van der Waals surface area (Å²) in [5.74, 6) is -1.06. The first-order valence-corrected chi connectivity index (χ1v) is 9.87. The molecule has 142 valence electrons. The fraction of sp³-hybridized carbons (Fsp3) is 0.400. The van der Waals surface area contributed by atoms with Crippen LogP contribution in [0.1, 0.15) is 41.8 Å². The van der Waals surface area contributed by atoms with E-state index in [-0.39, 0.29) is 23.8 Å². The van der Waals surface area contributed by atoms with Gasteiger partial charge in [-0.05, 0) is 25.0 Å². The Kier molecular flexibility index (Phi) is 4.61. The number of thiophene rings is 1. The maximum absolute atomic E-state index is 14.5. The van der Waals surface area contributed by atoms with Crippen molar-refractivity contribution in [3.05, 3.63) is 52.2 Å². The number of carbonyl (C=O) groups is 2. The lowest BCUT2D eigenvalue weighted by Gasteiger charge is -2.39. The smallest absolute Gasteiger partial charge is 0.308 e. The van der Waals surface area contributed by atoms with Gasteiger partial charge in [-0.25, -0.2) is 9.60 Å². The number of ether oxygens (including phenoxy) is 1. The molecule has 1 aromatic heterocycles. The first-order chi connectivity index (χ1) is 12.9. The minimum Gasteiger partial charge on any atom is -0.416 e. The summed E-state index contributed by atoms with van der Waals surface area (Å²) in [4.78, 5) is 25.2. The number of halogens is 1. The van der Waals surface area contributed by atoms with Gasteiger partial charge in [-0.3, -0.25) is 9.59 Å². The van der Waals surface area contributed by atoms with E-state index in [1.54, 1.807) is 24.3 Å². The number of fused-ring (bicyclic) bond motifs is 1. The van der Waals surface area contributed by atoms with E-state index in [0.717, 1.165) is 23.3 Å². The maximum atomic E-state index is 14.5. The molecule has 1 aliphatic heterocycles. The zero-order chi connectivity index (χ0) is 19.2. The van der Waals surface area contributed by atoms with E-state index in [2.05, 4.69) is 0 Å². The summed E-state index contributed by atoms with van der Waals surface area (Å²) in [5, 5.41) is 11.9. The summed E-state index contributed by atoms with van der Waals surface area (Å²) in [6.45, 7) is 1.84. The summed E-state index contributed by atoms with van der Waals surface area (Å²) in [7, 11) is 0. The molecule has 27 heavy (non-hydrogen) atoms. The van der Waals surface area contributed by atoms with Crippen LogP contribution in [0.25, 0.3) is 0 Å². The van der Waals surface area contributed by atoms with Crippen molar-refractivity contribution in [2.75, 3.05) is 6.54 Å². The highest BCUT2D eigenvalue weighted by Gasteiger charge is 2.50. The average Bonchev–Trinajstić information content (AvgIpc) is 3.38. The number of carbonyl (C=O) groups excluding carboxylic acids is 2. The topological polar surface area (TPSA) is 63.6 Å². The summed E-state index contributed by atoms with van der Waals surface area (Å²) in [6, 6.07) is 6.99. The molecule has 5 nitrogen and oxygen atoms in total. The van der Waals surface area contributed by atoms with Crippen molar-refractivity contribution >= 4 is 23.1 Å². The fourth-order valence-corrected chi connectivity index (χ4v) is 4.85. The van der Waals surface area contributed by atoms with Gasteiger partial charge in [0.05, 0.1) is 5.56 Å². The molecule has 0 bridgehead atoms. The van der Waals surface area contributed by atoms with Crippen molar-refractivity contribution in [2.45, 2.75) is 38.8 Å². The highest BCUT2D eigenvalue weighted by Crippen LogP contribution is 2.44. The van der Waals surface area contributed by atoms with Crippen LogP contribution >= 0.6 is 11.3 Å². The molecule has 7 heteroatoms. The summed E-state index contributed by atoms with van der Waals surface area (Å²) < 4.78 is 19.1. The summed E-state index contributed by atoms with van der Waals surface area (Å²) in [5.41, 5.74) is 1.09. The lowest BCUT2D eigenvalue weighted by atomic mass is 9.94. The van der Waals surface area contributed by atoms with Gasteiger partial charge < -0.3 is 4.74 Å². The maximum Gasteiger partial charge on any atom is 0.308 e. The lowest BCUT2D eigenvalue weighted by molar-refractivity contribution is -1.13. The van der Waals surface area contributed by atoms with E-state index in [4.69, 9.17) is 4.74 Å². The molecule has 2 heterocycles. The Labute approximate surface area is 160 Å². The van der Waals surface area contributed by atoms with Crippen molar-refractivity contribution in [3.8, 4) is 5.06 Å². The van der Waals surface area contributed by atoms with Gasteiger partial charge in [0.1, 0.15) is 18.9 Å². The Morgan fingerprint density at radius 2 is 2.07 bits per heavy atom. The molecule has 2 unspecified atom stereocenters. The lowest BCUT2D eigenvalue weighted by Crippen LogP contribution is -2.53. The predicted octanol–water partition coefficient (Wildman–Crippen LogP) is 3.80. The molecular formula is C20H21FNO4S+. The number of ketones is 1. The number of benzene rings is 1. The third-order valence-corrected chi connectivity index (χ3v) is 6.33.